The van der Waals surface area contributed by atoms with Crippen LogP contribution in [0.25, 0.3) is 0 Å². The van der Waals surface area contributed by atoms with Crippen LogP contribution in [0, 0.1) is 0 Å². The molecule has 0 aromatic heterocycles. The standard InChI is InChI=1S/C31H36N4O2.2C18H20NO.C17H17ClO.C17H18O2.C13H17N3O.C2H7N.CH2O3.Cl2OS.2Na.H/c1-33(2)29(37)31(25-12-6-3-7-13-25,26-14-8-4-9-15-26)20-23-34-21-18-30(19-22-34)28(36)32-24-35(30)27-16-10-5-11-17-27;2*1-19(2)17-18(13-14-20-17,15-9-5-3-6-10-15)16-11-7-4-8-12-16;2*1-2-13-17(16(18)19,14-9-5-3-6-10-14)15-11-7-4-8-12-15;17-12-13(6-8-14-9-7-13)16(10-15-12)11-4-2-1-3-5-11;1-3-2;2-1-4-3;1-4(2)3;;;/h3-17H,18-24H2,1-2H3,(H,32,36);2*3-12H,13-14H2,1-2H3;3-12H,2,13H2,1H3;3-12H,2,13H2,1H3,(H,18,19);1-5,14H,6-10H2,(H,15,17);3H,1-2H3;1,3H;;;;/q;2*+1;;;;;;;2*+1;-1/p-1. The van der Waals surface area contributed by atoms with Crippen LogP contribution in [0.2, 0.25) is 0 Å². The van der Waals surface area contributed by atoms with Crippen molar-refractivity contribution in [3.8, 4) is 0 Å². The molecular formula is C117H137Cl3N10Na2O12S+2. The van der Waals surface area contributed by atoms with Crippen molar-refractivity contribution in [1.29, 1.82) is 0 Å². The van der Waals surface area contributed by atoms with E-state index in [4.69, 9.17) is 35.3 Å². The van der Waals surface area contributed by atoms with Gasteiger partial charge in [-0.1, -0.05) is 366 Å². The summed E-state index contributed by atoms with van der Waals surface area (Å²) in [6, 6.07) is 122. The van der Waals surface area contributed by atoms with Gasteiger partial charge in [-0.3, -0.25) is 28.8 Å². The molecule has 12 aromatic rings. The smallest absolute Gasteiger partial charge is 1.00 e. The third-order valence-electron chi connectivity index (χ3n) is 27.1. The Kier molecular flexibility index (Phi) is 49.2. The minimum absolute atomic E-state index is 0. The fourth-order valence-corrected chi connectivity index (χ4v) is 20.9. The Morgan fingerprint density at radius 1 is 0.462 bits per heavy atom. The van der Waals surface area contributed by atoms with E-state index in [0.29, 0.717) is 32.6 Å². The molecule has 6 heterocycles. The SMILES string of the molecule is CCCC(C(=O)Cl)(c1ccccc1)c1ccccc1.CCCC(C(=O)O)(c1ccccc1)c1ccccc1.CN(C)C(=O)C(CCN1CCC2(CC1)C(=O)NCN2c1ccccc1)(c1ccccc1)c1ccccc1.CNC.C[N+](C)=C1OCCC1(c1ccccc1)c1ccccc1.C[N+](C)=C1OCCC1(c1ccccc1)c1ccccc1.O=C1NCN(c2ccccc2)C12CCNCC2.O=CO[O-].O=S(Cl)Cl.[H-].[Na+].[Na+]. The van der Waals surface area contributed by atoms with Gasteiger partial charge in [-0.15, -0.1) is 0 Å². The van der Waals surface area contributed by atoms with Crippen LogP contribution in [-0.4, -0.2) is 202 Å². The van der Waals surface area contributed by atoms with Gasteiger partial charge in [0, 0.05) is 72.8 Å². The summed E-state index contributed by atoms with van der Waals surface area (Å²) in [5.41, 5.74) is 9.43. The number of carbonyl (C=O) groups is 6. The number of nitrogens with one attached hydrogen (secondary N) is 4. The van der Waals surface area contributed by atoms with Gasteiger partial charge < -0.3 is 67.0 Å². The van der Waals surface area contributed by atoms with Gasteiger partial charge in [0.2, 0.25) is 32.2 Å². The second-order valence-corrected chi connectivity index (χ2v) is 39.1. The Hall–Kier alpha value is -10.9. The van der Waals surface area contributed by atoms with Gasteiger partial charge in [0.15, 0.2) is 0 Å². The topological polar surface area (TPSA) is 258 Å². The van der Waals surface area contributed by atoms with E-state index in [1.807, 2.05) is 229 Å². The molecule has 12 aromatic carbocycles. The number of anilines is 2. The van der Waals surface area contributed by atoms with E-state index < -0.39 is 37.0 Å². The van der Waals surface area contributed by atoms with E-state index in [0.717, 1.165) is 154 Å². The summed E-state index contributed by atoms with van der Waals surface area (Å²) >= 11 is 6.01. The van der Waals surface area contributed by atoms with Crippen molar-refractivity contribution >= 4 is 101 Å². The summed E-state index contributed by atoms with van der Waals surface area (Å²) in [6.07, 6.45) is 8.93. The molecule has 145 heavy (non-hydrogen) atoms. The Balaban J connectivity index is 0.000000236. The molecule has 22 nitrogen and oxygen atoms in total. The molecule has 754 valence electrons. The number of benzene rings is 12. The Bertz CT molecular complexity index is 5570. The molecule has 6 fully saturated rings. The maximum absolute atomic E-state index is 13.9. The molecule has 6 aliphatic heterocycles. The van der Waals surface area contributed by atoms with Gasteiger partial charge >= 0.3 is 76.9 Å². The third kappa shape index (κ3) is 29.1. The number of piperidine rings is 2. The number of carboxylic acids is 1. The first-order chi connectivity index (χ1) is 69.3. The molecule has 18 rings (SSSR count). The summed E-state index contributed by atoms with van der Waals surface area (Å²) in [4.78, 5) is 83.2. The second-order valence-electron chi connectivity index (χ2n) is 36.2. The van der Waals surface area contributed by atoms with E-state index in [1.165, 1.54) is 22.3 Å². The van der Waals surface area contributed by atoms with Gasteiger partial charge in [-0.25, -0.2) is 13.4 Å². The molecule has 6 aliphatic rings. The fourth-order valence-electron chi connectivity index (χ4n) is 20.6. The number of likely N-dealkylation sites (tertiary alicyclic amines) is 1. The maximum Gasteiger partial charge on any atom is 1.00 e. The molecular weight excluding hydrogens is 1920 g/mol. The normalized spacial score (nSPS) is 15.2. The van der Waals surface area contributed by atoms with E-state index in [1.54, 1.807) is 4.90 Å². The van der Waals surface area contributed by atoms with Crippen molar-refractivity contribution in [3.05, 3.63) is 420 Å². The molecule has 6 saturated heterocycles. The van der Waals surface area contributed by atoms with Crippen LogP contribution in [0.4, 0.5) is 11.4 Å². The predicted molar refractivity (Wildman–Crippen MR) is 576 cm³/mol. The number of nitrogens with zero attached hydrogens (tertiary/aromatic N) is 6. The molecule has 0 radical (unpaired) electrons. The number of hydrogen-bond acceptors (Lipinski definition) is 16. The van der Waals surface area contributed by atoms with E-state index in [-0.39, 0.29) is 106 Å². The molecule has 28 heteroatoms. The zero-order chi connectivity index (χ0) is 103. The van der Waals surface area contributed by atoms with Gasteiger partial charge in [0.1, 0.15) is 60.9 Å². The van der Waals surface area contributed by atoms with Gasteiger partial charge in [0.05, 0.1) is 32.0 Å². The number of carbonyl (C=O) groups excluding carboxylic acids is 5. The quantitative estimate of drug-likeness (QED) is 0.00996. The van der Waals surface area contributed by atoms with Crippen molar-refractivity contribution in [3.63, 3.8) is 0 Å². The number of ether oxygens (including phenoxy) is 2. The number of carboxylic acid groups (broad SMARTS) is 1. The van der Waals surface area contributed by atoms with Crippen LogP contribution < -0.4 is 95.4 Å². The van der Waals surface area contributed by atoms with Gasteiger partial charge in [-0.2, -0.15) is 0 Å². The molecule has 0 saturated carbocycles. The van der Waals surface area contributed by atoms with Crippen LogP contribution in [0.3, 0.4) is 0 Å². The number of hydrogen-bond donors (Lipinski definition) is 5. The maximum atomic E-state index is 13.9. The molecule has 3 amide bonds. The zero-order valence-corrected chi connectivity index (χ0v) is 92.6. The zero-order valence-electron chi connectivity index (χ0n) is 86.5. The van der Waals surface area contributed by atoms with Crippen LogP contribution in [0.1, 0.15) is 142 Å². The first-order valence-electron chi connectivity index (χ1n) is 48.6. The fraction of sp³-hybridized carbons (Fsp3) is 0.316. The van der Waals surface area contributed by atoms with E-state index in [9.17, 15) is 29.1 Å². The summed E-state index contributed by atoms with van der Waals surface area (Å²) in [5, 5.41) is 30.1. The number of amides is 3. The minimum atomic E-state index is -1.67. The first kappa shape index (κ1) is 119. The van der Waals surface area contributed by atoms with Crippen molar-refractivity contribution in [1.82, 2.24) is 31.1 Å². The number of para-hydroxylation sites is 2. The number of halogens is 3. The van der Waals surface area contributed by atoms with E-state index >= 15 is 0 Å². The van der Waals surface area contributed by atoms with Crippen molar-refractivity contribution in [2.75, 3.05) is 125 Å². The molecule has 0 aliphatic carbocycles. The summed E-state index contributed by atoms with van der Waals surface area (Å²) in [7, 11) is 23.0. The second kappa shape index (κ2) is 59.8. The van der Waals surface area contributed by atoms with Gasteiger partial charge in [-0.05, 0) is 170 Å². The Morgan fingerprint density at radius 2 is 0.717 bits per heavy atom. The monoisotopic (exact) mass is 2060 g/mol. The molecule has 0 bridgehead atoms. The summed E-state index contributed by atoms with van der Waals surface area (Å²) in [6.45, 7) is 10.8. The van der Waals surface area contributed by atoms with E-state index in [2.05, 4.69) is 276 Å². The summed E-state index contributed by atoms with van der Waals surface area (Å²) in [5.74, 6) is 1.69. The van der Waals surface area contributed by atoms with Gasteiger partial charge in [0.25, 0.3) is 6.47 Å². The van der Waals surface area contributed by atoms with Crippen LogP contribution >= 0.6 is 33.0 Å². The minimum Gasteiger partial charge on any atom is -1.00 e. The molecule has 2 spiro atoms. The largest absolute Gasteiger partial charge is 1.00 e. The molecule has 0 unspecified atom stereocenters. The Labute approximate surface area is 918 Å². The first-order valence-corrected chi connectivity index (χ1v) is 51.7. The van der Waals surface area contributed by atoms with Crippen LogP contribution in [-0.2, 0) is 79.4 Å². The van der Waals surface area contributed by atoms with Crippen molar-refractivity contribution in [2.45, 2.75) is 123 Å². The molecule has 5 N–H and O–H groups in total. The number of rotatable bonds is 23. The number of likely N-dealkylation sites (N-methyl/N-ethyl adjacent to an activating group) is 1. The molecule has 0 atom stereocenters. The average Bonchev–Trinajstić information content (AvgIpc) is 1.45. The van der Waals surface area contributed by atoms with Crippen molar-refractivity contribution in [2.24, 2.45) is 0 Å². The predicted octanol–water partition coefficient (Wildman–Crippen LogP) is 12.5. The third-order valence-corrected chi connectivity index (χ3v) is 27.5. The van der Waals surface area contributed by atoms with Crippen LogP contribution in [0.5, 0.6) is 0 Å². The van der Waals surface area contributed by atoms with Crippen molar-refractivity contribution < 1.29 is 127 Å². The number of aliphatic carboxylic acids is 1. The average molecular weight is 2060 g/mol. The summed E-state index contributed by atoms with van der Waals surface area (Å²) < 4.78 is 25.3. The van der Waals surface area contributed by atoms with Crippen LogP contribution in [0.15, 0.2) is 364 Å². The Morgan fingerprint density at radius 3 is 0.972 bits per heavy atom.